The number of likely N-dealkylation sites (N-methyl/N-ethyl adjacent to an activating group) is 1. The van der Waals surface area contributed by atoms with Gasteiger partial charge in [-0.3, -0.25) is 9.82 Å². The van der Waals surface area contributed by atoms with E-state index in [1.807, 2.05) is 6.07 Å². The Hall–Kier alpha value is -4.11. The molecule has 39 heavy (non-hydrogen) atoms. The number of aromatic nitrogens is 4. The van der Waals surface area contributed by atoms with Crippen LogP contribution in [0.3, 0.4) is 0 Å². The third-order valence-electron chi connectivity index (χ3n) is 6.17. The molecule has 0 spiro atoms. The fraction of sp³-hybridized carbons (Fsp3) is 0.292. The SMILES string of the molecule is CN1CCN(c2n[nH]c3cc(Nc4ncc(C(F)(F)F)c(Nc5ccccc5NS(C)(=O)=O)n4)ccc23)CC1. The normalized spacial score (nSPS) is 14.9. The number of halogens is 3. The van der Waals surface area contributed by atoms with E-state index < -0.39 is 27.6 Å². The minimum atomic E-state index is -4.76. The number of nitrogens with zero attached hydrogens (tertiary/aromatic N) is 5. The number of hydrogen-bond donors (Lipinski definition) is 4. The molecule has 15 heteroatoms. The third-order valence-corrected chi connectivity index (χ3v) is 6.76. The molecule has 0 atom stereocenters. The zero-order valence-corrected chi connectivity index (χ0v) is 21.9. The molecule has 1 aliphatic heterocycles. The second-order valence-electron chi connectivity index (χ2n) is 9.22. The fourth-order valence-corrected chi connectivity index (χ4v) is 4.80. The molecule has 206 valence electrons. The van der Waals surface area contributed by atoms with Crippen molar-refractivity contribution in [2.45, 2.75) is 6.18 Å². The molecule has 0 aliphatic carbocycles. The molecule has 3 heterocycles. The van der Waals surface area contributed by atoms with E-state index in [1.54, 1.807) is 24.3 Å². The van der Waals surface area contributed by atoms with Gasteiger partial charge in [0.1, 0.15) is 11.4 Å². The van der Waals surface area contributed by atoms with Crippen LogP contribution in [0.1, 0.15) is 5.56 Å². The maximum atomic E-state index is 13.8. The van der Waals surface area contributed by atoms with Crippen LogP contribution in [0.5, 0.6) is 0 Å². The molecular weight excluding hydrogens is 535 g/mol. The first-order chi connectivity index (χ1) is 18.5. The first-order valence-electron chi connectivity index (χ1n) is 11.9. The Morgan fingerprint density at radius 3 is 2.41 bits per heavy atom. The lowest BCUT2D eigenvalue weighted by molar-refractivity contribution is -0.137. The summed E-state index contributed by atoms with van der Waals surface area (Å²) < 4.78 is 67.0. The number of sulfonamides is 1. The van der Waals surface area contributed by atoms with E-state index in [0.29, 0.717) is 11.9 Å². The number of hydrogen-bond acceptors (Lipinski definition) is 9. The minimum Gasteiger partial charge on any atom is -0.352 e. The quantitative estimate of drug-likeness (QED) is 0.265. The van der Waals surface area contributed by atoms with Gasteiger partial charge < -0.3 is 20.4 Å². The van der Waals surface area contributed by atoms with Crippen molar-refractivity contribution in [3.8, 4) is 0 Å². The molecule has 1 aliphatic rings. The van der Waals surface area contributed by atoms with Crippen molar-refractivity contribution in [2.24, 2.45) is 0 Å². The molecular formula is C24H26F3N9O2S. The number of anilines is 6. The zero-order valence-electron chi connectivity index (χ0n) is 21.0. The molecule has 1 fully saturated rings. The monoisotopic (exact) mass is 561 g/mol. The topological polar surface area (TPSA) is 131 Å². The van der Waals surface area contributed by atoms with Crippen LogP contribution < -0.4 is 20.3 Å². The van der Waals surface area contributed by atoms with Crippen molar-refractivity contribution in [3.63, 3.8) is 0 Å². The van der Waals surface area contributed by atoms with Gasteiger partial charge in [0.2, 0.25) is 16.0 Å². The van der Waals surface area contributed by atoms with Crippen LogP contribution in [0, 0.1) is 0 Å². The third kappa shape index (κ3) is 6.15. The van der Waals surface area contributed by atoms with Gasteiger partial charge in [0, 0.05) is 43.4 Å². The smallest absolute Gasteiger partial charge is 0.352 e. The van der Waals surface area contributed by atoms with Gasteiger partial charge in [-0.05, 0) is 37.4 Å². The van der Waals surface area contributed by atoms with Crippen LogP contribution in [0.15, 0.2) is 48.7 Å². The summed E-state index contributed by atoms with van der Waals surface area (Å²) in [7, 11) is -1.60. The van der Waals surface area contributed by atoms with E-state index in [0.717, 1.165) is 49.2 Å². The van der Waals surface area contributed by atoms with Gasteiger partial charge in [-0.15, -0.1) is 0 Å². The lowest BCUT2D eigenvalue weighted by Gasteiger charge is -2.32. The molecule has 0 radical (unpaired) electrons. The van der Waals surface area contributed by atoms with Crippen LogP contribution in [0.4, 0.5) is 47.8 Å². The highest BCUT2D eigenvalue weighted by atomic mass is 32.2. The van der Waals surface area contributed by atoms with Crippen molar-refractivity contribution < 1.29 is 21.6 Å². The summed E-state index contributed by atoms with van der Waals surface area (Å²) in [6.07, 6.45) is -3.14. The van der Waals surface area contributed by atoms with Crippen molar-refractivity contribution in [1.29, 1.82) is 0 Å². The number of nitrogens with one attached hydrogen (secondary N) is 4. The summed E-state index contributed by atoms with van der Waals surface area (Å²) in [5.41, 5.74) is 0.347. The summed E-state index contributed by atoms with van der Waals surface area (Å²) in [4.78, 5) is 12.4. The van der Waals surface area contributed by atoms with Crippen molar-refractivity contribution in [1.82, 2.24) is 25.1 Å². The van der Waals surface area contributed by atoms with E-state index in [4.69, 9.17) is 0 Å². The number of rotatable bonds is 7. The van der Waals surface area contributed by atoms with Crippen LogP contribution in [0.2, 0.25) is 0 Å². The Bertz CT molecular complexity index is 1600. The van der Waals surface area contributed by atoms with Crippen LogP contribution in [-0.4, -0.2) is 73.0 Å². The Labute approximate surface area is 222 Å². The van der Waals surface area contributed by atoms with Crippen molar-refractivity contribution >= 4 is 55.6 Å². The summed E-state index contributed by atoms with van der Waals surface area (Å²) in [6.45, 7) is 3.58. The standard InChI is InChI=1S/C24H26F3N9O2S/c1-35-9-11-36(12-10-35)22-16-8-7-15(13-20(16)32-33-22)29-23-28-14-17(24(25,26)27)21(31-23)30-18-5-3-4-6-19(18)34-39(2,37)38/h3-8,13-14,34H,9-12H2,1-2H3,(H,32,33)(H2,28,29,30,31). The fourth-order valence-electron chi connectivity index (χ4n) is 4.22. The Balaban J connectivity index is 1.42. The number of aromatic amines is 1. The highest BCUT2D eigenvalue weighted by Crippen LogP contribution is 2.37. The number of H-pyrrole nitrogens is 1. The zero-order chi connectivity index (χ0) is 27.8. The maximum Gasteiger partial charge on any atom is 0.421 e. The Morgan fingerprint density at radius 2 is 1.72 bits per heavy atom. The molecule has 0 amide bonds. The van der Waals surface area contributed by atoms with E-state index in [9.17, 15) is 21.6 Å². The Kier molecular flexibility index (Phi) is 6.94. The average Bonchev–Trinajstić information content (AvgIpc) is 3.27. The summed E-state index contributed by atoms with van der Waals surface area (Å²) in [6, 6.07) is 11.4. The van der Waals surface area contributed by atoms with Gasteiger partial charge in [0.25, 0.3) is 0 Å². The van der Waals surface area contributed by atoms with E-state index in [-0.39, 0.29) is 17.3 Å². The van der Waals surface area contributed by atoms with E-state index >= 15 is 0 Å². The van der Waals surface area contributed by atoms with Gasteiger partial charge in [-0.2, -0.15) is 23.3 Å². The predicted molar refractivity (Wildman–Crippen MR) is 144 cm³/mol. The lowest BCUT2D eigenvalue weighted by atomic mass is 10.2. The number of piperazine rings is 1. The average molecular weight is 562 g/mol. The van der Waals surface area contributed by atoms with Crippen LogP contribution >= 0.6 is 0 Å². The van der Waals surface area contributed by atoms with Gasteiger partial charge in [-0.25, -0.2) is 13.4 Å². The van der Waals surface area contributed by atoms with Gasteiger partial charge in [0.05, 0.1) is 23.1 Å². The second-order valence-corrected chi connectivity index (χ2v) is 11.0. The Morgan fingerprint density at radius 1 is 1.00 bits per heavy atom. The number of fused-ring (bicyclic) bond motifs is 1. The molecule has 2 aromatic carbocycles. The second kappa shape index (κ2) is 10.2. The highest BCUT2D eigenvalue weighted by molar-refractivity contribution is 7.92. The maximum absolute atomic E-state index is 13.8. The molecule has 0 saturated carbocycles. The predicted octanol–water partition coefficient (Wildman–Crippen LogP) is 3.98. The van der Waals surface area contributed by atoms with Crippen molar-refractivity contribution in [2.75, 3.05) is 59.7 Å². The minimum absolute atomic E-state index is 0.0714. The molecule has 11 nitrogen and oxygen atoms in total. The molecule has 4 aromatic rings. The molecule has 2 aromatic heterocycles. The van der Waals surface area contributed by atoms with Crippen LogP contribution in [-0.2, 0) is 16.2 Å². The summed E-state index contributed by atoms with van der Waals surface area (Å²) >= 11 is 0. The highest BCUT2D eigenvalue weighted by Gasteiger charge is 2.35. The van der Waals surface area contributed by atoms with E-state index in [2.05, 4.69) is 52.4 Å². The molecule has 1 saturated heterocycles. The van der Waals surface area contributed by atoms with Gasteiger partial charge >= 0.3 is 6.18 Å². The molecule has 4 N–H and O–H groups in total. The molecule has 0 unspecified atom stereocenters. The first-order valence-corrected chi connectivity index (χ1v) is 13.8. The van der Waals surface area contributed by atoms with E-state index in [1.165, 1.54) is 12.1 Å². The first kappa shape index (κ1) is 26.5. The van der Waals surface area contributed by atoms with Gasteiger partial charge in [-0.1, -0.05) is 12.1 Å². The molecule has 5 rings (SSSR count). The van der Waals surface area contributed by atoms with Crippen molar-refractivity contribution in [3.05, 3.63) is 54.2 Å². The largest absolute Gasteiger partial charge is 0.421 e. The molecule has 0 bridgehead atoms. The number of alkyl halides is 3. The summed E-state index contributed by atoms with van der Waals surface area (Å²) in [5.74, 6) is 0.225. The van der Waals surface area contributed by atoms with Gasteiger partial charge in [0.15, 0.2) is 5.82 Å². The number of para-hydroxylation sites is 2. The lowest BCUT2D eigenvalue weighted by Crippen LogP contribution is -2.44. The summed E-state index contributed by atoms with van der Waals surface area (Å²) in [5, 5.41) is 14.0. The number of benzene rings is 2. The van der Waals surface area contributed by atoms with Crippen LogP contribution in [0.25, 0.3) is 10.9 Å².